The Morgan fingerprint density at radius 1 is 1.22 bits per heavy atom. The summed E-state index contributed by atoms with van der Waals surface area (Å²) >= 11 is 0. The van der Waals surface area contributed by atoms with Crippen molar-refractivity contribution in [1.29, 1.82) is 5.26 Å². The van der Waals surface area contributed by atoms with Gasteiger partial charge in [0.2, 0.25) is 0 Å². The van der Waals surface area contributed by atoms with E-state index in [0.29, 0.717) is 24.1 Å². The molecule has 2 aromatic rings. The zero-order valence-corrected chi connectivity index (χ0v) is 12.5. The van der Waals surface area contributed by atoms with Crippen molar-refractivity contribution in [2.24, 2.45) is 0 Å². The lowest BCUT2D eigenvalue weighted by Crippen LogP contribution is -2.36. The lowest BCUT2D eigenvalue weighted by atomic mass is 9.94. The minimum atomic E-state index is -0.415. The molecule has 0 bridgehead atoms. The third-order valence-electron chi connectivity index (χ3n) is 3.97. The molecular formula is C18H16N2O3. The van der Waals surface area contributed by atoms with Gasteiger partial charge in [-0.2, -0.15) is 5.26 Å². The van der Waals surface area contributed by atoms with Gasteiger partial charge in [0.1, 0.15) is 12.4 Å². The number of fused-ring (bicyclic) bond motifs is 1. The van der Waals surface area contributed by atoms with Crippen LogP contribution < -0.4 is 0 Å². The van der Waals surface area contributed by atoms with E-state index in [2.05, 4.69) is 6.07 Å². The number of carbonyl (C=O) groups is 1. The first-order valence-corrected chi connectivity index (χ1v) is 7.38. The molecule has 0 atom stereocenters. The number of phenols is 1. The second-order valence-corrected chi connectivity index (χ2v) is 5.41. The van der Waals surface area contributed by atoms with Crippen molar-refractivity contribution < 1.29 is 14.6 Å². The minimum Gasteiger partial charge on any atom is -0.508 e. The van der Waals surface area contributed by atoms with Crippen LogP contribution in [-0.2, 0) is 24.3 Å². The molecule has 3 rings (SSSR count). The fourth-order valence-corrected chi connectivity index (χ4v) is 2.73. The maximum atomic E-state index is 12.2. The van der Waals surface area contributed by atoms with E-state index in [9.17, 15) is 9.90 Å². The number of carbonyl (C=O) groups excluding carboxylic acids is 1. The van der Waals surface area contributed by atoms with Gasteiger partial charge in [-0.15, -0.1) is 0 Å². The quantitative estimate of drug-likeness (QED) is 0.925. The summed E-state index contributed by atoms with van der Waals surface area (Å²) in [6, 6.07) is 14.7. The molecule has 1 heterocycles. The van der Waals surface area contributed by atoms with Gasteiger partial charge in [-0.1, -0.05) is 30.3 Å². The molecule has 5 heteroatoms. The molecule has 0 fully saturated rings. The second-order valence-electron chi connectivity index (χ2n) is 5.41. The van der Waals surface area contributed by atoms with Crippen molar-refractivity contribution in [2.75, 3.05) is 6.54 Å². The van der Waals surface area contributed by atoms with Crippen LogP contribution in [0.3, 0.4) is 0 Å². The van der Waals surface area contributed by atoms with Gasteiger partial charge in [-0.25, -0.2) is 4.79 Å². The van der Waals surface area contributed by atoms with Gasteiger partial charge < -0.3 is 14.7 Å². The van der Waals surface area contributed by atoms with Gasteiger partial charge in [0, 0.05) is 12.1 Å². The van der Waals surface area contributed by atoms with Crippen LogP contribution in [0.2, 0.25) is 0 Å². The highest BCUT2D eigenvalue weighted by molar-refractivity contribution is 5.69. The van der Waals surface area contributed by atoms with E-state index in [1.165, 1.54) is 6.07 Å². The fraction of sp³-hybridized carbons (Fsp3) is 0.222. The van der Waals surface area contributed by atoms with E-state index in [4.69, 9.17) is 10.00 Å². The highest BCUT2D eigenvalue weighted by atomic mass is 16.6. The first-order valence-electron chi connectivity index (χ1n) is 7.38. The average molecular weight is 308 g/mol. The van der Waals surface area contributed by atoms with Crippen LogP contribution in [0.15, 0.2) is 42.5 Å². The standard InChI is InChI=1S/C18H16N2O3/c19-10-14-6-7-17(21)16-11-20(9-8-15(14)16)18(22)23-12-13-4-2-1-3-5-13/h1-7,21H,8-9,11-12H2. The molecule has 0 aromatic heterocycles. The number of nitrogens with zero attached hydrogens (tertiary/aromatic N) is 2. The Bertz CT molecular complexity index is 766. The van der Waals surface area contributed by atoms with Crippen molar-refractivity contribution >= 4 is 6.09 Å². The van der Waals surface area contributed by atoms with Gasteiger partial charge in [0.15, 0.2) is 0 Å². The molecule has 1 amide bonds. The largest absolute Gasteiger partial charge is 0.508 e. The molecule has 1 aliphatic rings. The maximum absolute atomic E-state index is 12.2. The minimum absolute atomic E-state index is 0.111. The number of amides is 1. The smallest absolute Gasteiger partial charge is 0.410 e. The van der Waals surface area contributed by atoms with Gasteiger partial charge in [-0.05, 0) is 29.7 Å². The van der Waals surface area contributed by atoms with E-state index in [-0.39, 0.29) is 18.9 Å². The highest BCUT2D eigenvalue weighted by Crippen LogP contribution is 2.30. The Hall–Kier alpha value is -3.00. The average Bonchev–Trinajstić information content (AvgIpc) is 2.61. The normalized spacial score (nSPS) is 13.1. The number of hydrogen-bond acceptors (Lipinski definition) is 4. The first-order chi connectivity index (χ1) is 11.2. The zero-order valence-electron chi connectivity index (χ0n) is 12.5. The zero-order chi connectivity index (χ0) is 16.2. The fourth-order valence-electron chi connectivity index (χ4n) is 2.73. The number of aromatic hydroxyl groups is 1. The molecule has 0 spiro atoms. The summed E-state index contributed by atoms with van der Waals surface area (Å²) in [6.45, 7) is 0.941. The maximum Gasteiger partial charge on any atom is 0.410 e. The summed E-state index contributed by atoms with van der Waals surface area (Å²) in [4.78, 5) is 13.8. The van der Waals surface area contributed by atoms with Crippen LogP contribution in [0.1, 0.15) is 22.3 Å². The lowest BCUT2D eigenvalue weighted by Gasteiger charge is -2.29. The lowest BCUT2D eigenvalue weighted by molar-refractivity contribution is 0.0915. The Kier molecular flexibility index (Phi) is 4.15. The summed E-state index contributed by atoms with van der Waals surface area (Å²) in [7, 11) is 0. The molecule has 1 N–H and O–H groups in total. The van der Waals surface area contributed by atoms with Gasteiger partial charge in [-0.3, -0.25) is 0 Å². The van der Waals surface area contributed by atoms with Crippen LogP contribution >= 0.6 is 0 Å². The van der Waals surface area contributed by atoms with Crippen LogP contribution in [0.4, 0.5) is 4.79 Å². The van der Waals surface area contributed by atoms with Crippen LogP contribution in [-0.4, -0.2) is 22.6 Å². The number of rotatable bonds is 2. The molecule has 0 saturated carbocycles. The first kappa shape index (κ1) is 14.9. The van der Waals surface area contributed by atoms with Crippen molar-refractivity contribution in [2.45, 2.75) is 19.6 Å². The molecule has 2 aromatic carbocycles. The topological polar surface area (TPSA) is 73.6 Å². The van der Waals surface area contributed by atoms with Crippen molar-refractivity contribution in [3.8, 4) is 11.8 Å². The summed E-state index contributed by atoms with van der Waals surface area (Å²) in [5.41, 5.74) is 2.93. The molecule has 5 nitrogen and oxygen atoms in total. The predicted octanol–water partition coefficient (Wildman–Crippen LogP) is 2.96. The Morgan fingerprint density at radius 3 is 2.74 bits per heavy atom. The molecular weight excluding hydrogens is 292 g/mol. The SMILES string of the molecule is N#Cc1ccc(O)c2c1CCN(C(=O)OCc1ccccc1)C2. The molecule has 0 unspecified atom stereocenters. The third-order valence-corrected chi connectivity index (χ3v) is 3.97. The molecule has 23 heavy (non-hydrogen) atoms. The van der Waals surface area contributed by atoms with Crippen molar-refractivity contribution in [1.82, 2.24) is 4.90 Å². The third kappa shape index (κ3) is 3.11. The molecule has 0 radical (unpaired) electrons. The van der Waals surface area contributed by atoms with Gasteiger partial charge in [0.05, 0.1) is 18.2 Å². The molecule has 116 valence electrons. The highest BCUT2D eigenvalue weighted by Gasteiger charge is 2.25. The number of ether oxygens (including phenoxy) is 1. The van der Waals surface area contributed by atoms with E-state index in [0.717, 1.165) is 11.1 Å². The second kappa shape index (κ2) is 6.41. The molecule has 1 aliphatic heterocycles. The van der Waals surface area contributed by atoms with Crippen molar-refractivity contribution in [3.05, 3.63) is 64.7 Å². The summed E-state index contributed by atoms with van der Waals surface area (Å²) < 4.78 is 5.32. The predicted molar refractivity (Wildman–Crippen MR) is 83.6 cm³/mol. The monoisotopic (exact) mass is 308 g/mol. The number of benzene rings is 2. The summed E-state index contributed by atoms with van der Waals surface area (Å²) in [6.07, 6.45) is 0.119. The van der Waals surface area contributed by atoms with Gasteiger partial charge >= 0.3 is 6.09 Å². The summed E-state index contributed by atoms with van der Waals surface area (Å²) in [5, 5.41) is 19.1. The van der Waals surface area contributed by atoms with E-state index in [1.807, 2.05) is 30.3 Å². The number of nitriles is 1. The molecule has 0 aliphatic carbocycles. The van der Waals surface area contributed by atoms with Crippen LogP contribution in [0, 0.1) is 11.3 Å². The van der Waals surface area contributed by atoms with Crippen molar-refractivity contribution in [3.63, 3.8) is 0 Å². The van der Waals surface area contributed by atoms with E-state index in [1.54, 1.807) is 11.0 Å². The number of hydrogen-bond donors (Lipinski definition) is 1. The number of phenolic OH excluding ortho intramolecular Hbond substituents is 1. The molecule has 0 saturated heterocycles. The van der Waals surface area contributed by atoms with E-state index >= 15 is 0 Å². The Labute approximate surface area is 134 Å². The van der Waals surface area contributed by atoms with Gasteiger partial charge in [0.25, 0.3) is 0 Å². The van der Waals surface area contributed by atoms with Crippen LogP contribution in [0.5, 0.6) is 5.75 Å². The Morgan fingerprint density at radius 2 is 2.00 bits per heavy atom. The van der Waals surface area contributed by atoms with E-state index < -0.39 is 6.09 Å². The van der Waals surface area contributed by atoms with Crippen LogP contribution in [0.25, 0.3) is 0 Å². The Balaban J connectivity index is 1.70. The summed E-state index contributed by atoms with van der Waals surface area (Å²) in [5.74, 6) is 0.111.